The highest BCUT2D eigenvalue weighted by Crippen LogP contribution is 2.31. The van der Waals surface area contributed by atoms with Gasteiger partial charge in [-0.25, -0.2) is 0 Å². The van der Waals surface area contributed by atoms with E-state index in [-0.39, 0.29) is 5.91 Å². The number of ether oxygens (including phenoxy) is 1. The molecule has 1 saturated carbocycles. The number of benzene rings is 1. The van der Waals surface area contributed by atoms with Gasteiger partial charge >= 0.3 is 0 Å². The highest BCUT2D eigenvalue weighted by molar-refractivity contribution is 5.98. The first-order valence-corrected chi connectivity index (χ1v) is 7.05. The van der Waals surface area contributed by atoms with Crippen LogP contribution in [0.25, 0.3) is 0 Å². The molecular formula is C15H20N2O2. The van der Waals surface area contributed by atoms with Crippen LogP contribution in [0.3, 0.4) is 0 Å². The van der Waals surface area contributed by atoms with Gasteiger partial charge in [0, 0.05) is 18.8 Å². The smallest absolute Gasteiger partial charge is 0.257 e. The van der Waals surface area contributed by atoms with Crippen molar-refractivity contribution in [3.05, 3.63) is 23.8 Å². The number of anilines is 1. The SMILES string of the molecule is Nc1ccc(OCC2CC2)c(C(=O)N2CCCC2)c1. The van der Waals surface area contributed by atoms with Crippen molar-refractivity contribution in [1.82, 2.24) is 4.90 Å². The molecule has 1 aromatic rings. The van der Waals surface area contributed by atoms with Gasteiger partial charge in [0.25, 0.3) is 5.91 Å². The fourth-order valence-electron chi connectivity index (χ4n) is 2.42. The lowest BCUT2D eigenvalue weighted by Crippen LogP contribution is -2.28. The summed E-state index contributed by atoms with van der Waals surface area (Å²) in [5, 5.41) is 0. The van der Waals surface area contributed by atoms with Gasteiger partial charge < -0.3 is 15.4 Å². The van der Waals surface area contributed by atoms with E-state index >= 15 is 0 Å². The van der Waals surface area contributed by atoms with Crippen LogP contribution in [0, 0.1) is 5.92 Å². The van der Waals surface area contributed by atoms with E-state index < -0.39 is 0 Å². The van der Waals surface area contributed by atoms with Gasteiger partial charge in [-0.2, -0.15) is 0 Å². The highest BCUT2D eigenvalue weighted by atomic mass is 16.5. The predicted molar refractivity (Wildman–Crippen MR) is 74.2 cm³/mol. The Morgan fingerprint density at radius 1 is 1.32 bits per heavy atom. The molecule has 2 fully saturated rings. The van der Waals surface area contributed by atoms with Crippen molar-refractivity contribution in [3.8, 4) is 5.75 Å². The van der Waals surface area contributed by atoms with Gasteiger partial charge in [0.15, 0.2) is 0 Å². The fourth-order valence-corrected chi connectivity index (χ4v) is 2.42. The zero-order chi connectivity index (χ0) is 13.2. The van der Waals surface area contributed by atoms with Crippen LogP contribution in [0.5, 0.6) is 5.75 Å². The Labute approximate surface area is 113 Å². The van der Waals surface area contributed by atoms with Gasteiger partial charge in [0.1, 0.15) is 5.75 Å². The van der Waals surface area contributed by atoms with Gasteiger partial charge in [-0.15, -0.1) is 0 Å². The molecule has 2 N–H and O–H groups in total. The zero-order valence-electron chi connectivity index (χ0n) is 11.1. The average Bonchev–Trinajstić information content (AvgIpc) is 3.08. The van der Waals surface area contributed by atoms with Crippen LogP contribution >= 0.6 is 0 Å². The molecule has 4 heteroatoms. The molecular weight excluding hydrogens is 240 g/mol. The molecule has 1 amide bonds. The largest absolute Gasteiger partial charge is 0.492 e. The summed E-state index contributed by atoms with van der Waals surface area (Å²) in [4.78, 5) is 14.4. The van der Waals surface area contributed by atoms with Crippen molar-refractivity contribution < 1.29 is 9.53 Å². The number of hydrogen-bond donors (Lipinski definition) is 1. The van der Waals surface area contributed by atoms with Crippen molar-refractivity contribution in [2.24, 2.45) is 5.92 Å². The van der Waals surface area contributed by atoms with Gasteiger partial charge in [-0.05, 0) is 49.8 Å². The lowest BCUT2D eigenvalue weighted by Gasteiger charge is -2.18. The first-order valence-electron chi connectivity index (χ1n) is 7.05. The van der Waals surface area contributed by atoms with Crippen LogP contribution in [0.2, 0.25) is 0 Å². The third-order valence-corrected chi connectivity index (χ3v) is 3.80. The lowest BCUT2D eigenvalue weighted by molar-refractivity contribution is 0.0788. The van der Waals surface area contributed by atoms with Crippen molar-refractivity contribution in [1.29, 1.82) is 0 Å². The van der Waals surface area contributed by atoms with Crippen LogP contribution in [-0.2, 0) is 0 Å². The van der Waals surface area contributed by atoms with E-state index in [0.717, 1.165) is 25.9 Å². The summed E-state index contributed by atoms with van der Waals surface area (Å²) in [5.74, 6) is 1.40. The number of likely N-dealkylation sites (tertiary alicyclic amines) is 1. The van der Waals surface area contributed by atoms with Gasteiger partial charge in [0.05, 0.1) is 12.2 Å². The minimum atomic E-state index is 0.0515. The molecule has 1 heterocycles. The molecule has 1 aliphatic heterocycles. The second kappa shape index (κ2) is 5.11. The van der Waals surface area contributed by atoms with Crippen molar-refractivity contribution in [2.45, 2.75) is 25.7 Å². The Balaban J connectivity index is 1.79. The molecule has 4 nitrogen and oxygen atoms in total. The van der Waals surface area contributed by atoms with E-state index in [4.69, 9.17) is 10.5 Å². The maximum atomic E-state index is 12.5. The van der Waals surface area contributed by atoms with Crippen LogP contribution in [0.4, 0.5) is 5.69 Å². The number of carbonyl (C=O) groups is 1. The number of amides is 1. The second-order valence-electron chi connectivity index (χ2n) is 5.51. The van der Waals surface area contributed by atoms with Crippen molar-refractivity contribution >= 4 is 11.6 Å². The van der Waals surface area contributed by atoms with Crippen LogP contribution in [0.15, 0.2) is 18.2 Å². The number of nitrogen functional groups attached to an aromatic ring is 1. The van der Waals surface area contributed by atoms with E-state index in [0.29, 0.717) is 29.5 Å². The maximum Gasteiger partial charge on any atom is 0.257 e. The first kappa shape index (κ1) is 12.3. The van der Waals surface area contributed by atoms with E-state index in [1.807, 2.05) is 11.0 Å². The standard InChI is InChI=1S/C15H20N2O2/c16-12-5-6-14(19-10-11-3-4-11)13(9-12)15(18)17-7-1-2-8-17/h5-6,9,11H,1-4,7-8,10,16H2. The second-order valence-corrected chi connectivity index (χ2v) is 5.51. The topological polar surface area (TPSA) is 55.6 Å². The third-order valence-electron chi connectivity index (χ3n) is 3.80. The molecule has 0 spiro atoms. The fraction of sp³-hybridized carbons (Fsp3) is 0.533. The summed E-state index contributed by atoms with van der Waals surface area (Å²) < 4.78 is 5.79. The minimum Gasteiger partial charge on any atom is -0.492 e. The van der Waals surface area contributed by atoms with Crippen molar-refractivity contribution in [2.75, 3.05) is 25.4 Å². The Bertz CT molecular complexity index is 477. The maximum absolute atomic E-state index is 12.5. The number of rotatable bonds is 4. The Kier molecular flexibility index (Phi) is 3.32. The molecule has 2 aliphatic rings. The summed E-state index contributed by atoms with van der Waals surface area (Å²) in [5.41, 5.74) is 7.03. The first-order chi connectivity index (χ1) is 9.24. The van der Waals surface area contributed by atoms with Crippen LogP contribution < -0.4 is 10.5 Å². The van der Waals surface area contributed by atoms with E-state index in [1.54, 1.807) is 12.1 Å². The summed E-state index contributed by atoms with van der Waals surface area (Å²) in [7, 11) is 0. The molecule has 19 heavy (non-hydrogen) atoms. The number of hydrogen-bond acceptors (Lipinski definition) is 3. The molecule has 1 aromatic carbocycles. The molecule has 102 valence electrons. The molecule has 3 rings (SSSR count). The van der Waals surface area contributed by atoms with Crippen LogP contribution in [-0.4, -0.2) is 30.5 Å². The zero-order valence-corrected chi connectivity index (χ0v) is 11.1. The van der Waals surface area contributed by atoms with E-state index in [2.05, 4.69) is 0 Å². The molecule has 0 bridgehead atoms. The number of nitrogens with zero attached hydrogens (tertiary/aromatic N) is 1. The van der Waals surface area contributed by atoms with E-state index in [1.165, 1.54) is 12.8 Å². The average molecular weight is 260 g/mol. The predicted octanol–water partition coefficient (Wildman–Crippen LogP) is 2.29. The van der Waals surface area contributed by atoms with Gasteiger partial charge in [0.2, 0.25) is 0 Å². The quantitative estimate of drug-likeness (QED) is 0.845. The van der Waals surface area contributed by atoms with E-state index in [9.17, 15) is 4.79 Å². The molecule has 0 radical (unpaired) electrons. The summed E-state index contributed by atoms with van der Waals surface area (Å²) in [6.07, 6.45) is 4.66. The Morgan fingerprint density at radius 2 is 2.05 bits per heavy atom. The number of carbonyl (C=O) groups excluding carboxylic acids is 1. The molecule has 1 aliphatic carbocycles. The molecule has 0 atom stereocenters. The normalized spacial score (nSPS) is 18.6. The molecule has 0 aromatic heterocycles. The number of nitrogens with two attached hydrogens (primary N) is 1. The monoisotopic (exact) mass is 260 g/mol. The van der Waals surface area contributed by atoms with Crippen LogP contribution in [0.1, 0.15) is 36.0 Å². The molecule has 0 unspecified atom stereocenters. The summed E-state index contributed by atoms with van der Waals surface area (Å²) in [6, 6.07) is 5.35. The Morgan fingerprint density at radius 3 is 2.74 bits per heavy atom. The highest BCUT2D eigenvalue weighted by Gasteiger charge is 2.25. The molecule has 1 saturated heterocycles. The Hall–Kier alpha value is -1.71. The van der Waals surface area contributed by atoms with Gasteiger partial charge in [-0.1, -0.05) is 0 Å². The third kappa shape index (κ3) is 2.83. The van der Waals surface area contributed by atoms with Gasteiger partial charge in [-0.3, -0.25) is 4.79 Å². The summed E-state index contributed by atoms with van der Waals surface area (Å²) in [6.45, 7) is 2.40. The van der Waals surface area contributed by atoms with Crippen molar-refractivity contribution in [3.63, 3.8) is 0 Å². The summed E-state index contributed by atoms with van der Waals surface area (Å²) >= 11 is 0. The minimum absolute atomic E-state index is 0.0515. The lowest BCUT2D eigenvalue weighted by atomic mass is 10.1.